The summed E-state index contributed by atoms with van der Waals surface area (Å²) in [7, 11) is 2.06. The molecule has 2 aromatic rings. The second-order valence-corrected chi connectivity index (χ2v) is 6.06. The zero-order valence-corrected chi connectivity index (χ0v) is 13.2. The maximum Gasteiger partial charge on any atom is 0.220 e. The van der Waals surface area contributed by atoms with Gasteiger partial charge in [0, 0.05) is 43.7 Å². The third kappa shape index (κ3) is 3.50. The Labute approximate surface area is 131 Å². The van der Waals surface area contributed by atoms with Gasteiger partial charge in [0.25, 0.3) is 0 Å². The van der Waals surface area contributed by atoms with Crippen LogP contribution in [0, 0.1) is 0 Å². The number of ether oxygens (including phenoxy) is 1. The van der Waals surface area contributed by atoms with Crippen LogP contribution in [0.25, 0.3) is 10.9 Å². The van der Waals surface area contributed by atoms with Gasteiger partial charge in [0.1, 0.15) is 0 Å². The molecule has 4 heteroatoms. The zero-order chi connectivity index (χ0) is 15.4. The number of hydrogen-bond acceptors (Lipinski definition) is 2. The molecular weight excluding hydrogens is 276 g/mol. The van der Waals surface area contributed by atoms with Crippen LogP contribution in [-0.2, 0) is 23.0 Å². The van der Waals surface area contributed by atoms with Crippen LogP contribution < -0.4 is 5.32 Å². The fourth-order valence-electron chi connectivity index (χ4n) is 3.21. The number of fused-ring (bicyclic) bond motifs is 1. The molecule has 118 valence electrons. The molecular formula is C18H24N2O2. The van der Waals surface area contributed by atoms with Crippen molar-refractivity contribution >= 4 is 16.8 Å². The summed E-state index contributed by atoms with van der Waals surface area (Å²) in [6, 6.07) is 8.38. The molecule has 1 atom stereocenters. The Morgan fingerprint density at radius 1 is 1.41 bits per heavy atom. The van der Waals surface area contributed by atoms with Gasteiger partial charge in [0.05, 0.1) is 6.10 Å². The summed E-state index contributed by atoms with van der Waals surface area (Å²) in [6.45, 7) is 1.55. The van der Waals surface area contributed by atoms with Gasteiger partial charge in [-0.3, -0.25) is 4.79 Å². The van der Waals surface area contributed by atoms with E-state index >= 15 is 0 Å². The lowest BCUT2D eigenvalue weighted by atomic mass is 10.1. The molecule has 1 aromatic carbocycles. The van der Waals surface area contributed by atoms with Gasteiger partial charge in [0.15, 0.2) is 0 Å². The lowest BCUT2D eigenvalue weighted by Crippen LogP contribution is -2.26. The smallest absolute Gasteiger partial charge is 0.220 e. The number of aromatic nitrogens is 1. The first-order valence-electron chi connectivity index (χ1n) is 8.15. The number of hydrogen-bond donors (Lipinski definition) is 1. The summed E-state index contributed by atoms with van der Waals surface area (Å²) in [6.07, 6.45) is 6.97. The number of carbonyl (C=O) groups excluding carboxylic acids is 1. The van der Waals surface area contributed by atoms with Crippen molar-refractivity contribution < 1.29 is 9.53 Å². The van der Waals surface area contributed by atoms with E-state index in [1.54, 1.807) is 0 Å². The SMILES string of the molecule is Cn1cc(CCNC(=O)CC[C@H]2CCCO2)c2ccccc21. The molecule has 4 nitrogen and oxygen atoms in total. The lowest BCUT2D eigenvalue weighted by Gasteiger charge is -2.09. The van der Waals surface area contributed by atoms with Crippen LogP contribution in [0.15, 0.2) is 30.5 Å². The minimum atomic E-state index is 0.135. The molecule has 1 saturated heterocycles. The number of para-hydroxylation sites is 1. The van der Waals surface area contributed by atoms with Crippen LogP contribution >= 0.6 is 0 Å². The Balaban J connectivity index is 1.46. The highest BCUT2D eigenvalue weighted by molar-refractivity contribution is 5.84. The number of benzene rings is 1. The average molecular weight is 300 g/mol. The Kier molecular flexibility index (Phi) is 4.78. The van der Waals surface area contributed by atoms with Gasteiger partial charge >= 0.3 is 0 Å². The first-order chi connectivity index (χ1) is 10.7. The Hall–Kier alpha value is -1.81. The van der Waals surface area contributed by atoms with E-state index in [-0.39, 0.29) is 5.91 Å². The monoisotopic (exact) mass is 300 g/mol. The summed E-state index contributed by atoms with van der Waals surface area (Å²) >= 11 is 0. The fraction of sp³-hybridized carbons (Fsp3) is 0.500. The van der Waals surface area contributed by atoms with Crippen LogP contribution in [-0.4, -0.2) is 29.7 Å². The molecule has 1 N–H and O–H groups in total. The number of amides is 1. The van der Waals surface area contributed by atoms with Crippen molar-refractivity contribution in [2.24, 2.45) is 7.05 Å². The lowest BCUT2D eigenvalue weighted by molar-refractivity contribution is -0.121. The van der Waals surface area contributed by atoms with Crippen molar-refractivity contribution in [2.45, 2.75) is 38.2 Å². The molecule has 0 radical (unpaired) electrons. The van der Waals surface area contributed by atoms with E-state index in [4.69, 9.17) is 4.74 Å². The molecule has 0 bridgehead atoms. The maximum absolute atomic E-state index is 11.9. The molecule has 0 unspecified atom stereocenters. The van der Waals surface area contributed by atoms with Crippen molar-refractivity contribution in [3.8, 4) is 0 Å². The van der Waals surface area contributed by atoms with Crippen molar-refractivity contribution in [3.63, 3.8) is 0 Å². The molecule has 1 aliphatic heterocycles. The van der Waals surface area contributed by atoms with Crippen molar-refractivity contribution in [1.82, 2.24) is 9.88 Å². The van der Waals surface area contributed by atoms with Crippen LogP contribution in [0.5, 0.6) is 0 Å². The van der Waals surface area contributed by atoms with E-state index in [1.807, 2.05) is 0 Å². The van der Waals surface area contributed by atoms with E-state index in [0.717, 1.165) is 32.3 Å². The summed E-state index contributed by atoms with van der Waals surface area (Å²) in [5.41, 5.74) is 2.53. The Morgan fingerprint density at radius 3 is 3.09 bits per heavy atom. The Bertz CT molecular complexity index is 642. The molecule has 0 spiro atoms. The number of nitrogens with one attached hydrogen (secondary N) is 1. The Morgan fingerprint density at radius 2 is 2.27 bits per heavy atom. The van der Waals surface area contributed by atoms with Crippen LogP contribution in [0.3, 0.4) is 0 Å². The van der Waals surface area contributed by atoms with E-state index in [9.17, 15) is 4.79 Å². The van der Waals surface area contributed by atoms with E-state index in [0.29, 0.717) is 19.1 Å². The topological polar surface area (TPSA) is 43.3 Å². The predicted octanol–water partition coefficient (Wildman–Crippen LogP) is 2.80. The highest BCUT2D eigenvalue weighted by atomic mass is 16.5. The van der Waals surface area contributed by atoms with Gasteiger partial charge in [-0.1, -0.05) is 18.2 Å². The number of aryl methyl sites for hydroxylation is 1. The second kappa shape index (κ2) is 6.97. The largest absolute Gasteiger partial charge is 0.378 e. The molecule has 0 saturated carbocycles. The average Bonchev–Trinajstić information content (AvgIpc) is 3.15. The van der Waals surface area contributed by atoms with Crippen molar-refractivity contribution in [2.75, 3.05) is 13.2 Å². The van der Waals surface area contributed by atoms with Crippen molar-refractivity contribution in [1.29, 1.82) is 0 Å². The zero-order valence-electron chi connectivity index (χ0n) is 13.2. The van der Waals surface area contributed by atoms with Gasteiger partial charge in [-0.2, -0.15) is 0 Å². The second-order valence-electron chi connectivity index (χ2n) is 6.06. The quantitative estimate of drug-likeness (QED) is 0.891. The standard InChI is InChI=1S/C18H24N2O2/c1-20-13-14(16-6-2-3-7-17(16)20)10-11-19-18(21)9-8-15-5-4-12-22-15/h2-3,6-7,13,15H,4-5,8-12H2,1H3,(H,19,21)/t15-/m1/s1. The molecule has 22 heavy (non-hydrogen) atoms. The normalized spacial score (nSPS) is 18.0. The minimum absolute atomic E-state index is 0.135. The first kappa shape index (κ1) is 15.1. The molecule has 3 rings (SSSR count). The highest BCUT2D eigenvalue weighted by Gasteiger charge is 2.16. The molecule has 2 heterocycles. The highest BCUT2D eigenvalue weighted by Crippen LogP contribution is 2.20. The predicted molar refractivity (Wildman–Crippen MR) is 87.8 cm³/mol. The molecule has 1 aromatic heterocycles. The maximum atomic E-state index is 11.9. The number of nitrogens with zero attached hydrogens (tertiary/aromatic N) is 1. The minimum Gasteiger partial charge on any atom is -0.378 e. The van der Waals surface area contributed by atoms with E-state index in [1.165, 1.54) is 16.5 Å². The van der Waals surface area contributed by atoms with Gasteiger partial charge in [-0.25, -0.2) is 0 Å². The van der Waals surface area contributed by atoms with Crippen LogP contribution in [0.2, 0.25) is 0 Å². The molecule has 1 amide bonds. The van der Waals surface area contributed by atoms with Gasteiger partial charge < -0.3 is 14.6 Å². The summed E-state index contributed by atoms with van der Waals surface area (Å²) in [5.74, 6) is 0.135. The number of carbonyl (C=O) groups is 1. The van der Waals surface area contributed by atoms with Crippen molar-refractivity contribution in [3.05, 3.63) is 36.0 Å². The van der Waals surface area contributed by atoms with E-state index in [2.05, 4.69) is 47.4 Å². The third-order valence-electron chi connectivity index (χ3n) is 4.41. The van der Waals surface area contributed by atoms with E-state index < -0.39 is 0 Å². The van der Waals surface area contributed by atoms with Crippen LogP contribution in [0.4, 0.5) is 0 Å². The van der Waals surface area contributed by atoms with Gasteiger partial charge in [0.2, 0.25) is 5.91 Å². The third-order valence-corrected chi connectivity index (χ3v) is 4.41. The molecule has 1 fully saturated rings. The molecule has 1 aliphatic rings. The van der Waals surface area contributed by atoms with Gasteiger partial charge in [-0.05, 0) is 37.3 Å². The first-order valence-corrected chi connectivity index (χ1v) is 8.15. The summed E-state index contributed by atoms with van der Waals surface area (Å²) in [4.78, 5) is 11.9. The molecule has 0 aliphatic carbocycles. The van der Waals surface area contributed by atoms with Crippen LogP contribution in [0.1, 0.15) is 31.2 Å². The number of rotatable bonds is 6. The summed E-state index contributed by atoms with van der Waals surface area (Å²) < 4.78 is 7.69. The van der Waals surface area contributed by atoms with Gasteiger partial charge in [-0.15, -0.1) is 0 Å². The fourth-order valence-corrected chi connectivity index (χ4v) is 3.21. The summed E-state index contributed by atoms with van der Waals surface area (Å²) in [5, 5.41) is 4.30.